The molecule has 1 unspecified atom stereocenters. The third kappa shape index (κ3) is 8.09. The monoisotopic (exact) mass is 258 g/mol. The molecule has 0 heterocycles. The predicted octanol–water partition coefficient (Wildman–Crippen LogP) is 3.09. The van der Waals surface area contributed by atoms with Gasteiger partial charge in [0, 0.05) is 0 Å². The quantitative estimate of drug-likeness (QED) is 0.446. The van der Waals surface area contributed by atoms with Gasteiger partial charge in [0.25, 0.3) is 0 Å². The van der Waals surface area contributed by atoms with Crippen molar-refractivity contribution in [3.8, 4) is 0 Å². The van der Waals surface area contributed by atoms with E-state index in [9.17, 15) is 9.59 Å². The Labute approximate surface area is 110 Å². The largest absolute Gasteiger partial charge is 0.469 e. The number of methoxy groups -OCH3 is 1. The van der Waals surface area contributed by atoms with Crippen LogP contribution in [0.4, 0.5) is 0 Å². The van der Waals surface area contributed by atoms with Crippen molar-refractivity contribution < 1.29 is 19.1 Å². The maximum Gasteiger partial charge on any atom is 0.309 e. The van der Waals surface area contributed by atoms with Crippen molar-refractivity contribution in [2.75, 3.05) is 13.7 Å². The lowest BCUT2D eigenvalue weighted by molar-refractivity contribution is -0.154. The van der Waals surface area contributed by atoms with Gasteiger partial charge in [-0.2, -0.15) is 0 Å². The van der Waals surface area contributed by atoms with Crippen molar-refractivity contribution in [2.24, 2.45) is 5.92 Å². The standard InChI is InChI=1S/C14H26O4/c1-4-6-7-8-9-10-12(11-13(15)17-3)14(16)18-5-2/h12H,4-11H2,1-3H3. The lowest BCUT2D eigenvalue weighted by Crippen LogP contribution is -2.21. The molecule has 0 aromatic heterocycles. The third-order valence-corrected chi connectivity index (χ3v) is 2.92. The molecule has 0 fully saturated rings. The van der Waals surface area contributed by atoms with Crippen LogP contribution < -0.4 is 0 Å². The van der Waals surface area contributed by atoms with Crippen LogP contribution in [0, 0.1) is 5.92 Å². The fraction of sp³-hybridized carbons (Fsp3) is 0.857. The highest BCUT2D eigenvalue weighted by atomic mass is 16.5. The molecular weight excluding hydrogens is 232 g/mol. The minimum absolute atomic E-state index is 0.128. The first-order valence-corrected chi connectivity index (χ1v) is 6.89. The molecule has 0 aromatic carbocycles. The Kier molecular flexibility index (Phi) is 10.4. The van der Waals surface area contributed by atoms with Crippen molar-refractivity contribution in [3.05, 3.63) is 0 Å². The molecule has 0 bridgehead atoms. The molecule has 0 aliphatic carbocycles. The number of rotatable bonds is 10. The Hall–Kier alpha value is -1.06. The first-order chi connectivity index (χ1) is 8.65. The SMILES string of the molecule is CCCCCCCC(CC(=O)OC)C(=O)OCC. The van der Waals surface area contributed by atoms with E-state index in [-0.39, 0.29) is 24.3 Å². The summed E-state index contributed by atoms with van der Waals surface area (Å²) in [6.07, 6.45) is 6.50. The van der Waals surface area contributed by atoms with Crippen LogP contribution >= 0.6 is 0 Å². The van der Waals surface area contributed by atoms with Crippen LogP contribution in [0.15, 0.2) is 0 Å². The van der Waals surface area contributed by atoms with Gasteiger partial charge < -0.3 is 9.47 Å². The molecule has 0 saturated carbocycles. The van der Waals surface area contributed by atoms with Gasteiger partial charge in [-0.1, -0.05) is 39.0 Å². The van der Waals surface area contributed by atoms with E-state index < -0.39 is 0 Å². The van der Waals surface area contributed by atoms with E-state index >= 15 is 0 Å². The average molecular weight is 258 g/mol. The zero-order valence-electron chi connectivity index (χ0n) is 11.9. The Bertz CT molecular complexity index is 238. The summed E-state index contributed by atoms with van der Waals surface area (Å²) >= 11 is 0. The zero-order chi connectivity index (χ0) is 13.8. The summed E-state index contributed by atoms with van der Waals surface area (Å²) in [5.74, 6) is -0.973. The van der Waals surface area contributed by atoms with Crippen LogP contribution in [0.25, 0.3) is 0 Å². The van der Waals surface area contributed by atoms with Crippen molar-refractivity contribution >= 4 is 11.9 Å². The van der Waals surface area contributed by atoms with Crippen LogP contribution in [0.5, 0.6) is 0 Å². The van der Waals surface area contributed by atoms with Gasteiger partial charge in [-0.25, -0.2) is 0 Å². The zero-order valence-corrected chi connectivity index (χ0v) is 11.9. The average Bonchev–Trinajstić information content (AvgIpc) is 2.37. The summed E-state index contributed by atoms with van der Waals surface area (Å²) in [6.45, 7) is 4.29. The smallest absolute Gasteiger partial charge is 0.309 e. The highest BCUT2D eigenvalue weighted by Gasteiger charge is 2.23. The summed E-state index contributed by atoms with van der Waals surface area (Å²) in [5, 5.41) is 0. The van der Waals surface area contributed by atoms with Crippen LogP contribution in [0.2, 0.25) is 0 Å². The Morgan fingerprint density at radius 3 is 2.28 bits per heavy atom. The normalized spacial score (nSPS) is 11.9. The number of hydrogen-bond acceptors (Lipinski definition) is 4. The highest BCUT2D eigenvalue weighted by molar-refractivity contribution is 5.79. The van der Waals surface area contributed by atoms with Gasteiger partial charge in [0.15, 0.2) is 0 Å². The Morgan fingerprint density at radius 2 is 1.72 bits per heavy atom. The lowest BCUT2D eigenvalue weighted by atomic mass is 9.97. The van der Waals surface area contributed by atoms with Crippen LogP contribution in [0.1, 0.15) is 58.8 Å². The maximum atomic E-state index is 11.7. The van der Waals surface area contributed by atoms with Gasteiger partial charge in [-0.05, 0) is 13.3 Å². The number of esters is 2. The first-order valence-electron chi connectivity index (χ1n) is 6.89. The molecule has 0 saturated heterocycles. The highest BCUT2D eigenvalue weighted by Crippen LogP contribution is 2.17. The Balaban J connectivity index is 4.04. The van der Waals surface area contributed by atoms with E-state index in [4.69, 9.17) is 4.74 Å². The van der Waals surface area contributed by atoms with E-state index in [0.29, 0.717) is 13.0 Å². The fourth-order valence-electron chi connectivity index (χ4n) is 1.84. The number of unbranched alkanes of at least 4 members (excludes halogenated alkanes) is 4. The molecule has 1 atom stereocenters. The van der Waals surface area contributed by atoms with Gasteiger partial charge in [-0.3, -0.25) is 9.59 Å². The van der Waals surface area contributed by atoms with Crippen molar-refractivity contribution in [2.45, 2.75) is 58.8 Å². The molecule has 4 heteroatoms. The minimum atomic E-state index is -0.348. The molecule has 0 spiro atoms. The molecule has 18 heavy (non-hydrogen) atoms. The van der Waals surface area contributed by atoms with Crippen LogP contribution in [0.3, 0.4) is 0 Å². The molecule has 0 aliphatic heterocycles. The van der Waals surface area contributed by atoms with E-state index in [1.165, 1.54) is 26.4 Å². The molecule has 0 amide bonds. The predicted molar refractivity (Wildman–Crippen MR) is 70.1 cm³/mol. The van der Waals surface area contributed by atoms with E-state index in [2.05, 4.69) is 11.7 Å². The van der Waals surface area contributed by atoms with Gasteiger partial charge in [0.1, 0.15) is 0 Å². The second-order valence-electron chi connectivity index (χ2n) is 4.43. The molecule has 106 valence electrons. The van der Waals surface area contributed by atoms with Gasteiger partial charge in [0.2, 0.25) is 0 Å². The fourth-order valence-corrected chi connectivity index (χ4v) is 1.84. The van der Waals surface area contributed by atoms with Gasteiger partial charge >= 0.3 is 11.9 Å². The molecule has 4 nitrogen and oxygen atoms in total. The third-order valence-electron chi connectivity index (χ3n) is 2.92. The summed E-state index contributed by atoms with van der Waals surface area (Å²) in [7, 11) is 1.34. The molecule has 0 aromatic rings. The molecule has 0 rings (SSSR count). The van der Waals surface area contributed by atoms with Crippen molar-refractivity contribution in [1.82, 2.24) is 0 Å². The molecule has 0 aliphatic rings. The molecule has 0 radical (unpaired) electrons. The summed E-state index contributed by atoms with van der Waals surface area (Å²) in [6, 6.07) is 0. The van der Waals surface area contributed by atoms with E-state index in [1.54, 1.807) is 6.92 Å². The number of carbonyl (C=O) groups excluding carboxylic acids is 2. The second kappa shape index (κ2) is 11.1. The van der Waals surface area contributed by atoms with Crippen molar-refractivity contribution in [1.29, 1.82) is 0 Å². The maximum absolute atomic E-state index is 11.7. The summed E-state index contributed by atoms with van der Waals surface area (Å²) in [5.41, 5.74) is 0. The molecular formula is C14H26O4. The summed E-state index contributed by atoms with van der Waals surface area (Å²) in [4.78, 5) is 22.9. The summed E-state index contributed by atoms with van der Waals surface area (Å²) < 4.78 is 9.59. The van der Waals surface area contributed by atoms with E-state index in [0.717, 1.165) is 12.8 Å². The first kappa shape index (κ1) is 16.9. The number of ether oxygens (including phenoxy) is 2. The minimum Gasteiger partial charge on any atom is -0.469 e. The number of carbonyl (C=O) groups is 2. The second-order valence-corrected chi connectivity index (χ2v) is 4.43. The van der Waals surface area contributed by atoms with E-state index in [1.807, 2.05) is 0 Å². The molecule has 0 N–H and O–H groups in total. The topological polar surface area (TPSA) is 52.6 Å². The van der Waals surface area contributed by atoms with Crippen LogP contribution in [-0.2, 0) is 19.1 Å². The lowest BCUT2D eigenvalue weighted by Gasteiger charge is -2.14. The van der Waals surface area contributed by atoms with Gasteiger partial charge in [-0.15, -0.1) is 0 Å². The van der Waals surface area contributed by atoms with Crippen LogP contribution in [-0.4, -0.2) is 25.7 Å². The Morgan fingerprint density at radius 1 is 1.06 bits per heavy atom. The van der Waals surface area contributed by atoms with Gasteiger partial charge in [0.05, 0.1) is 26.1 Å². The van der Waals surface area contributed by atoms with Crippen molar-refractivity contribution in [3.63, 3.8) is 0 Å². The number of hydrogen-bond donors (Lipinski definition) is 0.